The summed E-state index contributed by atoms with van der Waals surface area (Å²) in [4.78, 5) is 18.0. The van der Waals surface area contributed by atoms with Crippen molar-refractivity contribution in [1.29, 1.82) is 0 Å². The summed E-state index contributed by atoms with van der Waals surface area (Å²) in [6, 6.07) is 2.17. The first kappa shape index (κ1) is 13.0. The smallest absolute Gasteiger partial charge is 0.308 e. The molecule has 0 spiro atoms. The Kier molecular flexibility index (Phi) is 4.31. The maximum absolute atomic E-state index is 11.4. The molecular weight excluding hydrogens is 228 g/mol. The van der Waals surface area contributed by atoms with Crippen LogP contribution in [0.2, 0.25) is 0 Å². The van der Waals surface area contributed by atoms with Crippen LogP contribution in [0.25, 0.3) is 0 Å². The Morgan fingerprint density at radius 1 is 1.44 bits per heavy atom. The molecule has 0 saturated carbocycles. The second-order valence-electron chi connectivity index (χ2n) is 4.94. The van der Waals surface area contributed by atoms with E-state index in [1.54, 1.807) is 0 Å². The highest BCUT2D eigenvalue weighted by atomic mass is 16.5. The van der Waals surface area contributed by atoms with Crippen molar-refractivity contribution in [1.82, 2.24) is 9.88 Å². The Morgan fingerprint density at radius 3 is 2.78 bits per heavy atom. The number of carbonyl (C=O) groups excluding carboxylic acids is 1. The predicted octanol–water partition coefficient (Wildman–Crippen LogP) is 1.78. The van der Waals surface area contributed by atoms with Gasteiger partial charge in [0, 0.05) is 18.9 Å². The molecule has 1 aliphatic rings. The molecule has 4 heteroatoms. The monoisotopic (exact) mass is 248 g/mol. The van der Waals surface area contributed by atoms with Crippen molar-refractivity contribution in [3.05, 3.63) is 29.6 Å². The van der Waals surface area contributed by atoms with E-state index in [4.69, 9.17) is 4.74 Å². The van der Waals surface area contributed by atoms with Crippen molar-refractivity contribution in [2.24, 2.45) is 5.92 Å². The molecule has 4 nitrogen and oxygen atoms in total. The molecule has 18 heavy (non-hydrogen) atoms. The Morgan fingerprint density at radius 2 is 2.17 bits per heavy atom. The number of carbonyl (C=O) groups is 1. The summed E-state index contributed by atoms with van der Waals surface area (Å²) in [7, 11) is 1.47. The molecule has 1 fully saturated rings. The minimum absolute atomic E-state index is 0.0631. The first-order chi connectivity index (χ1) is 8.69. The van der Waals surface area contributed by atoms with Crippen molar-refractivity contribution in [2.75, 3.05) is 20.2 Å². The van der Waals surface area contributed by atoms with Crippen LogP contribution < -0.4 is 0 Å². The third-order valence-corrected chi connectivity index (χ3v) is 3.46. The molecule has 1 aromatic heterocycles. The molecule has 0 aromatic carbocycles. The highest BCUT2D eigenvalue weighted by Gasteiger charge is 2.25. The number of hydrogen-bond donors (Lipinski definition) is 0. The van der Waals surface area contributed by atoms with Gasteiger partial charge in [0.25, 0.3) is 0 Å². The summed E-state index contributed by atoms with van der Waals surface area (Å²) in [5, 5.41) is 0. The minimum atomic E-state index is -0.0631. The zero-order valence-corrected chi connectivity index (χ0v) is 11.1. The zero-order valence-electron chi connectivity index (χ0n) is 11.1. The summed E-state index contributed by atoms with van der Waals surface area (Å²) < 4.78 is 4.79. The van der Waals surface area contributed by atoms with Crippen molar-refractivity contribution in [3.8, 4) is 0 Å². The number of ether oxygens (including phenoxy) is 1. The first-order valence-electron chi connectivity index (χ1n) is 6.40. The van der Waals surface area contributed by atoms with Crippen molar-refractivity contribution in [3.63, 3.8) is 0 Å². The van der Waals surface area contributed by atoms with Gasteiger partial charge in [-0.25, -0.2) is 0 Å². The number of esters is 1. The summed E-state index contributed by atoms with van der Waals surface area (Å²) in [6.45, 7) is 4.88. The molecular formula is C14H20N2O2. The van der Waals surface area contributed by atoms with Gasteiger partial charge >= 0.3 is 5.97 Å². The number of piperidine rings is 1. The van der Waals surface area contributed by atoms with E-state index in [-0.39, 0.29) is 11.9 Å². The Balaban J connectivity index is 1.85. The van der Waals surface area contributed by atoms with Crippen LogP contribution in [0.3, 0.4) is 0 Å². The normalized spacial score (nSPS) is 17.7. The lowest BCUT2D eigenvalue weighted by Gasteiger charge is -2.30. The molecule has 1 saturated heterocycles. The van der Waals surface area contributed by atoms with E-state index in [1.807, 2.05) is 12.4 Å². The van der Waals surface area contributed by atoms with Crippen LogP contribution in [0, 0.1) is 12.8 Å². The molecule has 0 amide bonds. The molecule has 0 N–H and O–H groups in total. The summed E-state index contributed by atoms with van der Waals surface area (Å²) in [5.41, 5.74) is 2.43. The largest absolute Gasteiger partial charge is 0.469 e. The third-order valence-electron chi connectivity index (χ3n) is 3.46. The first-order valence-corrected chi connectivity index (χ1v) is 6.40. The van der Waals surface area contributed by atoms with Gasteiger partial charge in [0.1, 0.15) is 0 Å². The fourth-order valence-corrected chi connectivity index (χ4v) is 2.46. The Hall–Kier alpha value is -1.42. The van der Waals surface area contributed by atoms with E-state index < -0.39 is 0 Å². The van der Waals surface area contributed by atoms with E-state index in [0.29, 0.717) is 0 Å². The quantitative estimate of drug-likeness (QED) is 0.765. The number of hydrogen-bond acceptors (Lipinski definition) is 4. The highest BCUT2D eigenvalue weighted by molar-refractivity contribution is 5.72. The SMILES string of the molecule is COC(=O)C1CCN(Cc2cncc(C)c2)CC1. The van der Waals surface area contributed by atoms with Gasteiger partial charge in [0.05, 0.1) is 13.0 Å². The van der Waals surface area contributed by atoms with Gasteiger partial charge < -0.3 is 4.74 Å². The predicted molar refractivity (Wildman–Crippen MR) is 69.0 cm³/mol. The zero-order chi connectivity index (χ0) is 13.0. The van der Waals surface area contributed by atoms with Crippen LogP contribution in [0.4, 0.5) is 0 Å². The molecule has 0 aliphatic carbocycles. The molecule has 0 atom stereocenters. The van der Waals surface area contributed by atoms with Crippen LogP contribution in [0.5, 0.6) is 0 Å². The van der Waals surface area contributed by atoms with Gasteiger partial charge in [-0.3, -0.25) is 14.7 Å². The van der Waals surface area contributed by atoms with Crippen LogP contribution >= 0.6 is 0 Å². The minimum Gasteiger partial charge on any atom is -0.469 e. The van der Waals surface area contributed by atoms with Crippen LogP contribution in [-0.2, 0) is 16.1 Å². The van der Waals surface area contributed by atoms with Gasteiger partial charge in [0.2, 0.25) is 0 Å². The van der Waals surface area contributed by atoms with E-state index in [1.165, 1.54) is 18.2 Å². The van der Waals surface area contributed by atoms with E-state index in [2.05, 4.69) is 22.9 Å². The summed E-state index contributed by atoms with van der Waals surface area (Å²) in [5.74, 6) is 0.0220. The number of pyridine rings is 1. The maximum Gasteiger partial charge on any atom is 0.308 e. The molecule has 98 valence electrons. The Bertz CT molecular complexity index is 412. The molecule has 2 heterocycles. The van der Waals surface area contributed by atoms with E-state index in [0.717, 1.165) is 32.5 Å². The maximum atomic E-state index is 11.4. The molecule has 2 rings (SSSR count). The van der Waals surface area contributed by atoms with E-state index >= 15 is 0 Å². The molecule has 0 radical (unpaired) electrons. The van der Waals surface area contributed by atoms with Gasteiger partial charge in [-0.05, 0) is 44.0 Å². The number of aryl methyl sites for hydroxylation is 1. The fourth-order valence-electron chi connectivity index (χ4n) is 2.46. The number of rotatable bonds is 3. The van der Waals surface area contributed by atoms with Gasteiger partial charge in [-0.2, -0.15) is 0 Å². The van der Waals surface area contributed by atoms with Gasteiger partial charge in [-0.15, -0.1) is 0 Å². The van der Waals surface area contributed by atoms with Crippen LogP contribution in [0.15, 0.2) is 18.5 Å². The molecule has 1 aliphatic heterocycles. The number of nitrogens with zero attached hydrogens (tertiary/aromatic N) is 2. The lowest BCUT2D eigenvalue weighted by molar-refractivity contribution is -0.147. The van der Waals surface area contributed by atoms with Crippen molar-refractivity contribution >= 4 is 5.97 Å². The third kappa shape index (κ3) is 3.29. The van der Waals surface area contributed by atoms with Crippen LogP contribution in [-0.4, -0.2) is 36.1 Å². The van der Waals surface area contributed by atoms with E-state index in [9.17, 15) is 4.79 Å². The summed E-state index contributed by atoms with van der Waals surface area (Å²) >= 11 is 0. The van der Waals surface area contributed by atoms with Gasteiger partial charge in [-0.1, -0.05) is 6.07 Å². The van der Waals surface area contributed by atoms with Crippen molar-refractivity contribution in [2.45, 2.75) is 26.3 Å². The van der Waals surface area contributed by atoms with Gasteiger partial charge in [0.15, 0.2) is 0 Å². The average molecular weight is 248 g/mol. The second-order valence-corrected chi connectivity index (χ2v) is 4.94. The lowest BCUT2D eigenvalue weighted by atomic mass is 9.97. The lowest BCUT2D eigenvalue weighted by Crippen LogP contribution is -2.36. The Labute approximate surface area is 108 Å². The van der Waals surface area contributed by atoms with Crippen LogP contribution in [0.1, 0.15) is 24.0 Å². The number of methoxy groups -OCH3 is 1. The molecule has 0 unspecified atom stereocenters. The standard InChI is InChI=1S/C14H20N2O2/c1-11-7-12(9-15-8-11)10-16-5-3-13(4-6-16)14(17)18-2/h7-9,13H,3-6,10H2,1-2H3. The average Bonchev–Trinajstić information content (AvgIpc) is 2.39. The highest BCUT2D eigenvalue weighted by Crippen LogP contribution is 2.20. The van der Waals surface area contributed by atoms with Crippen molar-refractivity contribution < 1.29 is 9.53 Å². The second kappa shape index (κ2) is 5.96. The molecule has 0 bridgehead atoms. The summed E-state index contributed by atoms with van der Waals surface area (Å²) in [6.07, 6.45) is 5.57. The molecule has 1 aromatic rings. The fraction of sp³-hybridized carbons (Fsp3) is 0.571. The number of likely N-dealkylation sites (tertiary alicyclic amines) is 1. The topological polar surface area (TPSA) is 42.4 Å². The number of aromatic nitrogens is 1.